The second kappa shape index (κ2) is 6.15. The van der Waals surface area contributed by atoms with Crippen LogP contribution in [0.5, 0.6) is 0 Å². The Kier molecular flexibility index (Phi) is 5.10. The number of alkyl halides is 3. The van der Waals surface area contributed by atoms with Crippen LogP contribution in [0.1, 0.15) is 17.5 Å². The first kappa shape index (κ1) is 14.9. The maximum atomic E-state index is 12.9. The Bertz CT molecular complexity index is 390. The van der Waals surface area contributed by atoms with Gasteiger partial charge in [0, 0.05) is 6.54 Å². The van der Waals surface area contributed by atoms with E-state index in [0.29, 0.717) is 25.6 Å². The molecule has 0 aliphatic carbocycles. The second-order valence-corrected chi connectivity index (χ2v) is 4.18. The molecule has 18 heavy (non-hydrogen) atoms. The van der Waals surface area contributed by atoms with E-state index in [9.17, 15) is 17.6 Å². The molecule has 0 spiro atoms. The molecule has 0 unspecified atom stereocenters. The summed E-state index contributed by atoms with van der Waals surface area (Å²) in [4.78, 5) is 1.73. The average molecular weight is 264 g/mol. The van der Waals surface area contributed by atoms with Crippen LogP contribution in [0.25, 0.3) is 0 Å². The Morgan fingerprint density at radius 1 is 1.28 bits per heavy atom. The van der Waals surface area contributed by atoms with Crippen molar-refractivity contribution in [3.8, 4) is 0 Å². The average Bonchev–Trinajstić information content (AvgIpc) is 2.27. The van der Waals surface area contributed by atoms with Gasteiger partial charge in [-0.25, -0.2) is 4.39 Å². The zero-order chi connectivity index (χ0) is 13.8. The highest BCUT2D eigenvalue weighted by Gasteiger charge is 2.33. The van der Waals surface area contributed by atoms with E-state index in [4.69, 9.17) is 5.73 Å². The predicted molar refractivity (Wildman–Crippen MR) is 61.4 cm³/mol. The van der Waals surface area contributed by atoms with Crippen molar-refractivity contribution >= 4 is 0 Å². The molecule has 0 heterocycles. The fraction of sp³-hybridized carbons (Fsp3) is 0.500. The monoisotopic (exact) mass is 264 g/mol. The minimum Gasteiger partial charge on any atom is -0.330 e. The van der Waals surface area contributed by atoms with Crippen LogP contribution >= 0.6 is 0 Å². The molecule has 2 nitrogen and oxygen atoms in total. The second-order valence-electron chi connectivity index (χ2n) is 4.18. The summed E-state index contributed by atoms with van der Waals surface area (Å²) in [5, 5.41) is 0. The molecule has 0 saturated carbocycles. The van der Waals surface area contributed by atoms with Gasteiger partial charge in [-0.05, 0) is 44.3 Å². The lowest BCUT2D eigenvalue weighted by atomic mass is 10.1. The first-order chi connectivity index (χ1) is 8.34. The first-order valence-corrected chi connectivity index (χ1v) is 5.59. The molecule has 1 rings (SSSR count). The Morgan fingerprint density at radius 2 is 1.94 bits per heavy atom. The summed E-state index contributed by atoms with van der Waals surface area (Å²) in [5.74, 6) is -0.879. The van der Waals surface area contributed by atoms with Gasteiger partial charge in [-0.15, -0.1) is 0 Å². The van der Waals surface area contributed by atoms with Gasteiger partial charge >= 0.3 is 6.18 Å². The Balaban J connectivity index is 2.88. The van der Waals surface area contributed by atoms with Crippen molar-refractivity contribution in [2.24, 2.45) is 5.73 Å². The highest BCUT2D eigenvalue weighted by molar-refractivity contribution is 5.30. The van der Waals surface area contributed by atoms with Crippen LogP contribution in [-0.4, -0.2) is 25.0 Å². The third-order valence-electron chi connectivity index (χ3n) is 2.56. The normalized spacial score (nSPS) is 12.2. The number of hydrogen-bond donors (Lipinski definition) is 1. The van der Waals surface area contributed by atoms with Crippen molar-refractivity contribution in [2.45, 2.75) is 19.1 Å². The van der Waals surface area contributed by atoms with Crippen molar-refractivity contribution in [3.05, 3.63) is 35.1 Å². The van der Waals surface area contributed by atoms with E-state index in [1.807, 2.05) is 0 Å². The molecule has 102 valence electrons. The van der Waals surface area contributed by atoms with E-state index in [1.165, 1.54) is 6.07 Å². The van der Waals surface area contributed by atoms with Crippen LogP contribution in [-0.2, 0) is 12.7 Å². The van der Waals surface area contributed by atoms with Gasteiger partial charge in [0.05, 0.1) is 5.56 Å². The molecular weight excluding hydrogens is 248 g/mol. The van der Waals surface area contributed by atoms with Crippen LogP contribution in [0.3, 0.4) is 0 Å². The molecule has 0 bridgehead atoms. The summed E-state index contributed by atoms with van der Waals surface area (Å²) < 4.78 is 51.1. The molecule has 1 aromatic carbocycles. The van der Waals surface area contributed by atoms with Crippen LogP contribution in [0.15, 0.2) is 18.2 Å². The molecule has 0 aliphatic rings. The van der Waals surface area contributed by atoms with Crippen LogP contribution in [0.2, 0.25) is 0 Å². The third kappa shape index (κ3) is 4.27. The maximum Gasteiger partial charge on any atom is 0.416 e. The number of benzene rings is 1. The van der Waals surface area contributed by atoms with Gasteiger partial charge in [0.1, 0.15) is 5.82 Å². The molecule has 2 N–H and O–H groups in total. The van der Waals surface area contributed by atoms with Crippen molar-refractivity contribution in [1.29, 1.82) is 0 Å². The lowest BCUT2D eigenvalue weighted by molar-refractivity contribution is -0.138. The summed E-state index contributed by atoms with van der Waals surface area (Å²) in [6, 6.07) is 2.75. The quantitative estimate of drug-likeness (QED) is 0.828. The zero-order valence-corrected chi connectivity index (χ0v) is 10.1. The molecule has 1 aromatic rings. The largest absolute Gasteiger partial charge is 0.416 e. The summed E-state index contributed by atoms with van der Waals surface area (Å²) in [7, 11) is 1.71. The zero-order valence-electron chi connectivity index (χ0n) is 10.1. The van der Waals surface area contributed by atoms with Crippen molar-refractivity contribution < 1.29 is 17.6 Å². The molecule has 0 aliphatic heterocycles. The smallest absolute Gasteiger partial charge is 0.330 e. The minimum atomic E-state index is -4.54. The number of rotatable bonds is 5. The molecule has 0 amide bonds. The van der Waals surface area contributed by atoms with Gasteiger partial charge in [-0.2, -0.15) is 13.2 Å². The SMILES string of the molecule is CN(CCCN)Cc1ccc(F)cc1C(F)(F)F. The number of halogens is 4. The molecule has 0 radical (unpaired) electrons. The van der Waals surface area contributed by atoms with Gasteiger partial charge in [-0.1, -0.05) is 6.07 Å². The first-order valence-electron chi connectivity index (χ1n) is 5.59. The molecule has 0 atom stereocenters. The van der Waals surface area contributed by atoms with Crippen molar-refractivity contribution in [2.75, 3.05) is 20.1 Å². The van der Waals surface area contributed by atoms with E-state index in [2.05, 4.69) is 0 Å². The van der Waals surface area contributed by atoms with Gasteiger partial charge in [0.15, 0.2) is 0 Å². The summed E-state index contributed by atoms with van der Waals surface area (Å²) >= 11 is 0. The lowest BCUT2D eigenvalue weighted by Crippen LogP contribution is -2.23. The Labute approximate surface area is 103 Å². The molecule has 0 aromatic heterocycles. The van der Waals surface area contributed by atoms with E-state index in [-0.39, 0.29) is 12.1 Å². The van der Waals surface area contributed by atoms with E-state index in [1.54, 1.807) is 11.9 Å². The molecule has 6 heteroatoms. The topological polar surface area (TPSA) is 29.3 Å². The van der Waals surface area contributed by atoms with Crippen LogP contribution in [0.4, 0.5) is 17.6 Å². The van der Waals surface area contributed by atoms with Gasteiger partial charge in [-0.3, -0.25) is 0 Å². The number of hydrogen-bond acceptors (Lipinski definition) is 2. The summed E-state index contributed by atoms with van der Waals surface area (Å²) in [6.45, 7) is 1.21. The van der Waals surface area contributed by atoms with Crippen molar-refractivity contribution in [3.63, 3.8) is 0 Å². The fourth-order valence-electron chi connectivity index (χ4n) is 1.68. The Morgan fingerprint density at radius 3 is 2.50 bits per heavy atom. The van der Waals surface area contributed by atoms with Crippen molar-refractivity contribution in [1.82, 2.24) is 4.90 Å². The molecular formula is C12H16F4N2. The number of nitrogens with two attached hydrogens (primary N) is 1. The predicted octanol–water partition coefficient (Wildman–Crippen LogP) is 2.63. The van der Waals surface area contributed by atoms with Crippen LogP contribution in [0, 0.1) is 5.82 Å². The third-order valence-corrected chi connectivity index (χ3v) is 2.56. The maximum absolute atomic E-state index is 12.9. The Hall–Kier alpha value is -1.14. The van der Waals surface area contributed by atoms with E-state index < -0.39 is 17.6 Å². The van der Waals surface area contributed by atoms with Gasteiger partial charge < -0.3 is 10.6 Å². The lowest BCUT2D eigenvalue weighted by Gasteiger charge is -2.19. The molecule has 0 fully saturated rings. The number of nitrogens with zero attached hydrogens (tertiary/aromatic N) is 1. The van der Waals surface area contributed by atoms with E-state index >= 15 is 0 Å². The van der Waals surface area contributed by atoms with Gasteiger partial charge in [0.25, 0.3) is 0 Å². The summed E-state index contributed by atoms with van der Waals surface area (Å²) in [6.07, 6.45) is -3.83. The van der Waals surface area contributed by atoms with Gasteiger partial charge in [0.2, 0.25) is 0 Å². The highest BCUT2D eigenvalue weighted by atomic mass is 19.4. The highest BCUT2D eigenvalue weighted by Crippen LogP contribution is 2.32. The fourth-order valence-corrected chi connectivity index (χ4v) is 1.68. The standard InChI is InChI=1S/C12H16F4N2/c1-18(6-2-5-17)8-9-3-4-10(13)7-11(9)12(14,15)16/h3-4,7H,2,5-6,8,17H2,1H3. The van der Waals surface area contributed by atoms with E-state index in [0.717, 1.165) is 6.07 Å². The molecule has 0 saturated heterocycles. The minimum absolute atomic E-state index is 0.0726. The van der Waals surface area contributed by atoms with Crippen LogP contribution < -0.4 is 5.73 Å². The summed E-state index contributed by atoms with van der Waals surface area (Å²) in [5.41, 5.74) is 4.49.